The van der Waals surface area contributed by atoms with Crippen molar-refractivity contribution in [2.75, 3.05) is 19.7 Å². The second kappa shape index (κ2) is 10.1. The maximum absolute atomic E-state index is 12.9. The van der Waals surface area contributed by atoms with Crippen molar-refractivity contribution in [2.45, 2.75) is 70.9 Å². The minimum absolute atomic E-state index is 0.00356. The van der Waals surface area contributed by atoms with Crippen molar-refractivity contribution in [3.8, 4) is 0 Å². The molecule has 28 heavy (non-hydrogen) atoms. The number of benzene rings is 1. The van der Waals surface area contributed by atoms with Gasteiger partial charge in [-0.15, -0.1) is 0 Å². The van der Waals surface area contributed by atoms with Gasteiger partial charge in [0.25, 0.3) is 0 Å². The average Bonchev–Trinajstić information content (AvgIpc) is 3.21. The number of carbonyl (C=O) groups excluding carboxylic acids is 2. The quantitative estimate of drug-likeness (QED) is 0.783. The fraction of sp³-hybridized carbons (Fsp3) is 0.652. The molecule has 1 saturated heterocycles. The molecule has 5 nitrogen and oxygen atoms in total. The molecule has 1 N–H and O–H groups in total. The van der Waals surface area contributed by atoms with Crippen LogP contribution in [0.1, 0.15) is 56.6 Å². The Morgan fingerprint density at radius 1 is 1.21 bits per heavy atom. The molecule has 2 amide bonds. The molecule has 0 aromatic heterocycles. The molecule has 3 rings (SSSR count). The van der Waals surface area contributed by atoms with Gasteiger partial charge >= 0.3 is 0 Å². The van der Waals surface area contributed by atoms with Crippen molar-refractivity contribution < 1.29 is 14.3 Å². The molecule has 0 unspecified atom stereocenters. The van der Waals surface area contributed by atoms with Crippen LogP contribution in [0.3, 0.4) is 0 Å². The highest BCUT2D eigenvalue weighted by molar-refractivity contribution is 5.80. The highest BCUT2D eigenvalue weighted by Crippen LogP contribution is 2.29. The Labute approximate surface area is 168 Å². The summed E-state index contributed by atoms with van der Waals surface area (Å²) < 4.78 is 6.03. The van der Waals surface area contributed by atoms with Gasteiger partial charge in [-0.05, 0) is 51.0 Å². The van der Waals surface area contributed by atoms with Crippen LogP contribution in [0, 0.1) is 12.8 Å². The summed E-state index contributed by atoms with van der Waals surface area (Å²) in [6.07, 6.45) is 5.91. The number of aryl methyl sites for hydroxylation is 1. The number of amides is 2. The average molecular weight is 387 g/mol. The number of hydrogen-bond donors (Lipinski definition) is 1. The van der Waals surface area contributed by atoms with Gasteiger partial charge in [-0.25, -0.2) is 0 Å². The third kappa shape index (κ3) is 5.57. The summed E-state index contributed by atoms with van der Waals surface area (Å²) in [7, 11) is 0. The Morgan fingerprint density at radius 2 is 2.00 bits per heavy atom. The standard InChI is InChI=1S/C23H34N2O3/c1-3-13-28-21-10-9-19(23(27)25-11-4-5-12-25)16-20(21)24-22(26)15-18-8-6-7-17(2)14-18/h6-8,14,19-21H,3-5,9-13,15-16H2,1-2H3,(H,24,26)/t19-,20+,21+/m0/s1. The van der Waals surface area contributed by atoms with Crippen molar-refractivity contribution in [2.24, 2.45) is 5.92 Å². The van der Waals surface area contributed by atoms with E-state index in [1.165, 1.54) is 0 Å². The summed E-state index contributed by atoms with van der Waals surface area (Å²) in [5.41, 5.74) is 2.17. The van der Waals surface area contributed by atoms with E-state index in [4.69, 9.17) is 4.74 Å². The molecule has 2 aliphatic rings. The summed E-state index contributed by atoms with van der Waals surface area (Å²) in [4.78, 5) is 27.5. The highest BCUT2D eigenvalue weighted by atomic mass is 16.5. The van der Waals surface area contributed by atoms with Gasteiger partial charge in [0, 0.05) is 25.6 Å². The zero-order valence-electron chi connectivity index (χ0n) is 17.3. The van der Waals surface area contributed by atoms with Crippen LogP contribution in [0.15, 0.2) is 24.3 Å². The molecule has 1 aliphatic heterocycles. The third-order valence-corrected chi connectivity index (χ3v) is 5.88. The topological polar surface area (TPSA) is 58.6 Å². The van der Waals surface area contributed by atoms with E-state index in [2.05, 4.69) is 12.2 Å². The minimum Gasteiger partial charge on any atom is -0.376 e. The van der Waals surface area contributed by atoms with Crippen molar-refractivity contribution in [1.29, 1.82) is 0 Å². The van der Waals surface area contributed by atoms with Crippen LogP contribution < -0.4 is 5.32 Å². The fourth-order valence-electron chi connectivity index (χ4n) is 4.45. The van der Waals surface area contributed by atoms with Gasteiger partial charge < -0.3 is 15.0 Å². The normalized spacial score (nSPS) is 24.9. The van der Waals surface area contributed by atoms with Crippen LogP contribution in [-0.4, -0.2) is 48.6 Å². The Hall–Kier alpha value is -1.88. The van der Waals surface area contributed by atoms with Crippen molar-refractivity contribution in [1.82, 2.24) is 10.2 Å². The van der Waals surface area contributed by atoms with E-state index in [-0.39, 0.29) is 29.9 Å². The molecular formula is C23H34N2O3. The number of carbonyl (C=O) groups is 2. The third-order valence-electron chi connectivity index (χ3n) is 5.88. The van der Waals surface area contributed by atoms with Gasteiger partial charge in [0.2, 0.25) is 11.8 Å². The summed E-state index contributed by atoms with van der Waals surface area (Å²) >= 11 is 0. The first-order valence-corrected chi connectivity index (χ1v) is 10.8. The van der Waals surface area contributed by atoms with Crippen LogP contribution >= 0.6 is 0 Å². The summed E-state index contributed by atoms with van der Waals surface area (Å²) in [6, 6.07) is 7.96. The second-order valence-electron chi connectivity index (χ2n) is 8.29. The second-order valence-corrected chi connectivity index (χ2v) is 8.29. The highest BCUT2D eigenvalue weighted by Gasteiger charge is 2.37. The predicted octanol–water partition coefficient (Wildman–Crippen LogP) is 3.24. The Kier molecular flexibility index (Phi) is 7.49. The molecule has 5 heteroatoms. The summed E-state index contributed by atoms with van der Waals surface area (Å²) in [5, 5.41) is 3.19. The predicted molar refractivity (Wildman–Crippen MR) is 110 cm³/mol. The van der Waals surface area contributed by atoms with E-state index in [9.17, 15) is 9.59 Å². The molecule has 1 aromatic carbocycles. The van der Waals surface area contributed by atoms with E-state index in [1.807, 2.05) is 36.1 Å². The van der Waals surface area contributed by atoms with E-state index in [1.54, 1.807) is 0 Å². The van der Waals surface area contributed by atoms with Crippen LogP contribution in [0.4, 0.5) is 0 Å². The zero-order valence-corrected chi connectivity index (χ0v) is 17.3. The first-order chi connectivity index (χ1) is 13.6. The van der Waals surface area contributed by atoms with Gasteiger partial charge in [0.15, 0.2) is 0 Å². The van der Waals surface area contributed by atoms with E-state index in [0.29, 0.717) is 19.4 Å². The lowest BCUT2D eigenvalue weighted by Gasteiger charge is -2.37. The Morgan fingerprint density at radius 3 is 2.71 bits per heavy atom. The lowest BCUT2D eigenvalue weighted by Crippen LogP contribution is -2.51. The Bertz CT molecular complexity index is 670. The molecule has 1 heterocycles. The fourth-order valence-corrected chi connectivity index (χ4v) is 4.45. The number of likely N-dealkylation sites (tertiary alicyclic amines) is 1. The first kappa shape index (κ1) is 20.8. The SMILES string of the molecule is CCCO[C@@H]1CC[C@H](C(=O)N2CCCC2)C[C@H]1NC(=O)Cc1cccc(C)c1. The molecule has 0 radical (unpaired) electrons. The van der Waals surface area contributed by atoms with Crippen LogP contribution in [0.2, 0.25) is 0 Å². The molecule has 0 spiro atoms. The lowest BCUT2D eigenvalue weighted by atomic mass is 9.82. The number of nitrogens with one attached hydrogen (secondary N) is 1. The zero-order chi connectivity index (χ0) is 19.9. The molecule has 154 valence electrons. The van der Waals surface area contributed by atoms with Gasteiger partial charge in [0.05, 0.1) is 18.6 Å². The van der Waals surface area contributed by atoms with Crippen LogP contribution in [-0.2, 0) is 20.7 Å². The minimum atomic E-state index is -0.0887. The molecule has 1 aliphatic carbocycles. The Balaban J connectivity index is 1.62. The maximum atomic E-state index is 12.9. The molecule has 1 aromatic rings. The first-order valence-electron chi connectivity index (χ1n) is 10.8. The van der Waals surface area contributed by atoms with Crippen LogP contribution in [0.25, 0.3) is 0 Å². The van der Waals surface area contributed by atoms with Crippen molar-refractivity contribution in [3.05, 3.63) is 35.4 Å². The molecular weight excluding hydrogens is 352 g/mol. The van der Waals surface area contributed by atoms with Crippen molar-refractivity contribution >= 4 is 11.8 Å². The number of ether oxygens (including phenoxy) is 1. The van der Waals surface area contributed by atoms with Crippen molar-refractivity contribution in [3.63, 3.8) is 0 Å². The number of hydrogen-bond acceptors (Lipinski definition) is 3. The molecule has 1 saturated carbocycles. The molecule has 2 fully saturated rings. The number of nitrogens with zero attached hydrogens (tertiary/aromatic N) is 1. The molecule has 3 atom stereocenters. The summed E-state index contributed by atoms with van der Waals surface area (Å²) in [6.45, 7) is 6.59. The monoisotopic (exact) mass is 386 g/mol. The number of rotatable bonds is 7. The van der Waals surface area contributed by atoms with Gasteiger partial charge in [-0.3, -0.25) is 9.59 Å². The largest absolute Gasteiger partial charge is 0.376 e. The van der Waals surface area contributed by atoms with Gasteiger partial charge in [-0.1, -0.05) is 36.8 Å². The molecule has 0 bridgehead atoms. The lowest BCUT2D eigenvalue weighted by molar-refractivity contribution is -0.138. The van der Waals surface area contributed by atoms with Crippen LogP contribution in [0.5, 0.6) is 0 Å². The van der Waals surface area contributed by atoms with Gasteiger partial charge in [-0.2, -0.15) is 0 Å². The van der Waals surface area contributed by atoms with Gasteiger partial charge in [0.1, 0.15) is 0 Å². The van der Waals surface area contributed by atoms with E-state index < -0.39 is 0 Å². The van der Waals surface area contributed by atoms with E-state index in [0.717, 1.165) is 56.3 Å². The smallest absolute Gasteiger partial charge is 0.225 e. The van der Waals surface area contributed by atoms with E-state index >= 15 is 0 Å². The maximum Gasteiger partial charge on any atom is 0.225 e. The summed E-state index contributed by atoms with van der Waals surface area (Å²) in [5.74, 6) is 0.281.